The molecule has 1 saturated heterocycles. The molecule has 0 amide bonds. The fraction of sp³-hybridized carbons (Fsp3) is 0.500. The molecule has 3 heterocycles. The average Bonchev–Trinajstić information content (AvgIpc) is 2.63. The quantitative estimate of drug-likeness (QED) is 0.770. The highest BCUT2D eigenvalue weighted by Crippen LogP contribution is 2.33. The molecule has 1 aliphatic rings. The minimum Gasteiger partial charge on any atom is -0.414 e. The van der Waals surface area contributed by atoms with E-state index in [1.54, 1.807) is 6.92 Å². The smallest absolute Gasteiger partial charge is 0.414 e. The summed E-state index contributed by atoms with van der Waals surface area (Å²) in [5, 5.41) is 3.20. The van der Waals surface area contributed by atoms with Crippen LogP contribution in [0.15, 0.2) is 24.4 Å². The lowest BCUT2D eigenvalue weighted by Gasteiger charge is -2.25. The van der Waals surface area contributed by atoms with E-state index in [9.17, 15) is 22.0 Å². The molecule has 3 rings (SSSR count). The molecular weight excluding hydrogens is 383 g/mol. The monoisotopic (exact) mass is 402 g/mol. The number of ether oxygens (including phenoxy) is 1. The predicted octanol–water partition coefficient (Wildman–Crippen LogP) is 3.88. The number of pyridine rings is 1. The second-order valence-corrected chi connectivity index (χ2v) is 6.63. The molecule has 10 heteroatoms. The van der Waals surface area contributed by atoms with E-state index in [0.717, 1.165) is 38.1 Å². The van der Waals surface area contributed by atoms with Crippen molar-refractivity contribution < 1.29 is 26.7 Å². The second kappa shape index (κ2) is 7.94. The van der Waals surface area contributed by atoms with Gasteiger partial charge >= 0.3 is 12.3 Å². The summed E-state index contributed by atoms with van der Waals surface area (Å²) < 4.78 is 71.6. The van der Waals surface area contributed by atoms with Gasteiger partial charge in [0.1, 0.15) is 11.5 Å². The van der Waals surface area contributed by atoms with Gasteiger partial charge in [-0.1, -0.05) is 6.07 Å². The van der Waals surface area contributed by atoms with E-state index in [-0.39, 0.29) is 11.5 Å². The van der Waals surface area contributed by atoms with Crippen LogP contribution in [0.2, 0.25) is 0 Å². The van der Waals surface area contributed by atoms with Crippen LogP contribution in [0, 0.1) is 6.92 Å². The Hall–Kier alpha value is -2.36. The number of nitrogens with zero attached hydrogens (tertiary/aromatic N) is 3. The lowest BCUT2D eigenvalue weighted by atomic mass is 9.90. The summed E-state index contributed by atoms with van der Waals surface area (Å²) in [6.45, 7) is 3.19. The van der Waals surface area contributed by atoms with E-state index < -0.39 is 30.3 Å². The van der Waals surface area contributed by atoms with Crippen LogP contribution >= 0.6 is 0 Å². The van der Waals surface area contributed by atoms with Crippen molar-refractivity contribution in [2.75, 3.05) is 13.1 Å². The van der Waals surface area contributed by atoms with Crippen LogP contribution in [-0.2, 0) is 12.6 Å². The molecule has 0 aliphatic carbocycles. The van der Waals surface area contributed by atoms with Gasteiger partial charge in [0.25, 0.3) is 0 Å². The molecule has 2 aromatic rings. The summed E-state index contributed by atoms with van der Waals surface area (Å²) in [5.74, 6) is -0.308. The first-order chi connectivity index (χ1) is 13.1. The van der Waals surface area contributed by atoms with Crippen molar-refractivity contribution in [1.82, 2.24) is 20.3 Å². The van der Waals surface area contributed by atoms with Crippen molar-refractivity contribution in [3.8, 4) is 5.88 Å². The largest absolute Gasteiger partial charge is 0.433 e. The van der Waals surface area contributed by atoms with Gasteiger partial charge in [0.05, 0.1) is 12.1 Å². The van der Waals surface area contributed by atoms with Crippen LogP contribution in [-0.4, -0.2) is 34.2 Å². The van der Waals surface area contributed by atoms with Gasteiger partial charge < -0.3 is 10.1 Å². The first-order valence-electron chi connectivity index (χ1n) is 8.78. The van der Waals surface area contributed by atoms with E-state index in [0.29, 0.717) is 17.6 Å². The first-order valence-corrected chi connectivity index (χ1v) is 8.78. The SMILES string of the molecule is Cc1ncc(CC(F)(F)Oc2cccc(C(F)(F)F)n2)c(C2CCNCC2)n1. The van der Waals surface area contributed by atoms with Gasteiger partial charge in [0.15, 0.2) is 0 Å². The van der Waals surface area contributed by atoms with Crippen LogP contribution in [0.5, 0.6) is 5.88 Å². The van der Waals surface area contributed by atoms with Gasteiger partial charge in [0, 0.05) is 23.7 Å². The Morgan fingerprint density at radius 3 is 2.50 bits per heavy atom. The van der Waals surface area contributed by atoms with Crippen LogP contribution in [0.25, 0.3) is 0 Å². The Labute approximate surface area is 158 Å². The second-order valence-electron chi connectivity index (χ2n) is 6.63. The minimum atomic E-state index is -4.75. The van der Waals surface area contributed by atoms with Crippen molar-refractivity contribution in [1.29, 1.82) is 0 Å². The topological polar surface area (TPSA) is 59.9 Å². The van der Waals surface area contributed by atoms with Gasteiger partial charge in [0.2, 0.25) is 5.88 Å². The summed E-state index contributed by atoms with van der Waals surface area (Å²) in [4.78, 5) is 11.5. The van der Waals surface area contributed by atoms with Crippen molar-refractivity contribution >= 4 is 0 Å². The zero-order chi connectivity index (χ0) is 20.4. The first kappa shape index (κ1) is 20.4. The van der Waals surface area contributed by atoms with Gasteiger partial charge in [-0.05, 0) is 38.9 Å². The molecule has 152 valence electrons. The lowest BCUT2D eigenvalue weighted by Crippen LogP contribution is -2.31. The van der Waals surface area contributed by atoms with Crippen molar-refractivity contribution in [3.05, 3.63) is 47.2 Å². The number of alkyl halides is 5. The average molecular weight is 402 g/mol. The Balaban J connectivity index is 1.81. The number of hydrogen-bond donors (Lipinski definition) is 1. The molecule has 1 fully saturated rings. The van der Waals surface area contributed by atoms with Gasteiger partial charge in [-0.2, -0.15) is 22.0 Å². The van der Waals surface area contributed by atoms with Gasteiger partial charge in [-0.15, -0.1) is 0 Å². The van der Waals surface area contributed by atoms with E-state index in [1.807, 2.05) is 0 Å². The molecule has 2 aromatic heterocycles. The Kier molecular flexibility index (Phi) is 5.78. The molecule has 0 aromatic carbocycles. The highest BCUT2D eigenvalue weighted by atomic mass is 19.4. The minimum absolute atomic E-state index is 0.0143. The Morgan fingerprint density at radius 2 is 1.82 bits per heavy atom. The third kappa shape index (κ3) is 5.12. The van der Waals surface area contributed by atoms with Gasteiger partial charge in [-0.25, -0.2) is 15.0 Å². The predicted molar refractivity (Wildman–Crippen MR) is 90.1 cm³/mol. The molecular formula is C18H19F5N4O. The number of rotatable bonds is 5. The third-order valence-corrected chi connectivity index (χ3v) is 4.41. The normalized spacial score (nSPS) is 16.2. The molecule has 1 aliphatic heterocycles. The van der Waals surface area contributed by atoms with Crippen LogP contribution in [0.4, 0.5) is 22.0 Å². The number of aromatic nitrogens is 3. The standard InChI is InChI=1S/C18H19F5N4O/c1-11-25-10-13(16(26-11)12-5-7-24-8-6-12)9-17(19,20)28-15-4-2-3-14(27-15)18(21,22)23/h2-4,10,12,24H,5-9H2,1H3. The summed E-state index contributed by atoms with van der Waals surface area (Å²) >= 11 is 0. The zero-order valence-corrected chi connectivity index (χ0v) is 15.1. The van der Waals surface area contributed by atoms with Crippen LogP contribution in [0.3, 0.4) is 0 Å². The maximum atomic E-state index is 14.5. The van der Waals surface area contributed by atoms with Crippen molar-refractivity contribution in [2.24, 2.45) is 0 Å². The number of piperidine rings is 1. The highest BCUT2D eigenvalue weighted by molar-refractivity contribution is 5.24. The molecule has 0 bridgehead atoms. The number of halogens is 5. The number of hydrogen-bond acceptors (Lipinski definition) is 5. The van der Waals surface area contributed by atoms with Gasteiger partial charge in [-0.3, -0.25) is 0 Å². The Morgan fingerprint density at radius 1 is 1.11 bits per heavy atom. The maximum Gasteiger partial charge on any atom is 0.433 e. The van der Waals surface area contributed by atoms with Crippen molar-refractivity contribution in [2.45, 2.75) is 44.4 Å². The zero-order valence-electron chi connectivity index (χ0n) is 15.1. The highest BCUT2D eigenvalue weighted by Gasteiger charge is 2.37. The fourth-order valence-corrected chi connectivity index (χ4v) is 3.14. The lowest BCUT2D eigenvalue weighted by molar-refractivity contribution is -0.178. The molecule has 0 spiro atoms. The summed E-state index contributed by atoms with van der Waals surface area (Å²) in [5.41, 5.74) is -0.543. The van der Waals surface area contributed by atoms with E-state index in [1.165, 1.54) is 6.20 Å². The third-order valence-electron chi connectivity index (χ3n) is 4.41. The molecule has 0 radical (unpaired) electrons. The summed E-state index contributed by atoms with van der Waals surface area (Å²) in [6, 6.07) is 2.62. The fourth-order valence-electron chi connectivity index (χ4n) is 3.14. The molecule has 5 nitrogen and oxygen atoms in total. The van der Waals surface area contributed by atoms with E-state index in [4.69, 9.17) is 0 Å². The van der Waals surface area contributed by atoms with E-state index >= 15 is 0 Å². The van der Waals surface area contributed by atoms with Crippen LogP contribution < -0.4 is 10.1 Å². The number of aryl methyl sites for hydroxylation is 1. The molecule has 28 heavy (non-hydrogen) atoms. The maximum absolute atomic E-state index is 14.5. The molecule has 0 saturated carbocycles. The van der Waals surface area contributed by atoms with Crippen LogP contribution in [0.1, 0.15) is 41.5 Å². The summed E-state index contributed by atoms with van der Waals surface area (Å²) in [7, 11) is 0. The Bertz CT molecular complexity index is 822. The molecule has 0 atom stereocenters. The molecule has 1 N–H and O–H groups in total. The molecule has 0 unspecified atom stereocenters. The van der Waals surface area contributed by atoms with Crippen molar-refractivity contribution in [3.63, 3.8) is 0 Å². The van der Waals surface area contributed by atoms with E-state index in [2.05, 4.69) is 25.0 Å². The number of nitrogens with one attached hydrogen (secondary N) is 1. The summed E-state index contributed by atoms with van der Waals surface area (Å²) in [6.07, 6.45) is -6.53.